The number of primary amides is 1. The van der Waals surface area contributed by atoms with Crippen LogP contribution < -0.4 is 11.1 Å². The van der Waals surface area contributed by atoms with Gasteiger partial charge in [-0.15, -0.1) is 11.3 Å². The first-order valence-electron chi connectivity index (χ1n) is 6.13. The van der Waals surface area contributed by atoms with E-state index in [9.17, 15) is 4.79 Å². The molecule has 3 rings (SSSR count). The van der Waals surface area contributed by atoms with E-state index < -0.39 is 5.91 Å². The van der Waals surface area contributed by atoms with E-state index in [-0.39, 0.29) is 0 Å². The van der Waals surface area contributed by atoms with Crippen molar-refractivity contribution in [1.29, 1.82) is 0 Å². The van der Waals surface area contributed by atoms with Gasteiger partial charge in [0.1, 0.15) is 17.0 Å². The minimum atomic E-state index is -0.454. The Kier molecular flexibility index (Phi) is 3.48. The van der Waals surface area contributed by atoms with Gasteiger partial charge in [-0.3, -0.25) is 4.79 Å². The lowest BCUT2D eigenvalue weighted by atomic mass is 10.2. The van der Waals surface area contributed by atoms with Crippen molar-refractivity contribution in [2.75, 3.05) is 5.32 Å². The van der Waals surface area contributed by atoms with Crippen molar-refractivity contribution < 1.29 is 4.79 Å². The van der Waals surface area contributed by atoms with Gasteiger partial charge in [0, 0.05) is 10.7 Å². The largest absolute Gasteiger partial charge is 0.365 e. The van der Waals surface area contributed by atoms with Crippen LogP contribution >= 0.6 is 22.9 Å². The Hall–Kier alpha value is -2.18. The molecule has 106 valence electrons. The van der Waals surface area contributed by atoms with Crippen LogP contribution in [0.1, 0.15) is 15.2 Å². The van der Waals surface area contributed by atoms with Gasteiger partial charge in [0.05, 0.1) is 10.3 Å². The van der Waals surface area contributed by atoms with Crippen molar-refractivity contribution in [2.45, 2.75) is 6.92 Å². The second kappa shape index (κ2) is 5.31. The average Bonchev–Trinajstić information content (AvgIpc) is 2.77. The molecule has 21 heavy (non-hydrogen) atoms. The molecular formula is C14H11ClN4OS. The summed E-state index contributed by atoms with van der Waals surface area (Å²) in [5, 5.41) is 4.63. The number of benzene rings is 1. The molecule has 0 radical (unpaired) electrons. The summed E-state index contributed by atoms with van der Waals surface area (Å²) in [5.74, 6) is 0.174. The molecule has 0 aliphatic heterocycles. The molecule has 5 nitrogen and oxygen atoms in total. The van der Waals surface area contributed by atoms with Crippen LogP contribution in [-0.4, -0.2) is 15.9 Å². The predicted molar refractivity (Wildman–Crippen MR) is 85.4 cm³/mol. The van der Waals surface area contributed by atoms with Gasteiger partial charge in [-0.2, -0.15) is 0 Å². The molecule has 0 saturated carbocycles. The maximum Gasteiger partial charge on any atom is 0.259 e. The summed E-state index contributed by atoms with van der Waals surface area (Å²) < 4.78 is 0. The number of nitrogens with one attached hydrogen (secondary N) is 1. The SMILES string of the molecule is Cc1c(C(N)=O)sc2ncnc(Nc3cccc(Cl)c3)c12. The van der Waals surface area contributed by atoms with Gasteiger partial charge in [-0.1, -0.05) is 17.7 Å². The number of halogens is 1. The average molecular weight is 319 g/mol. The van der Waals surface area contributed by atoms with E-state index in [0.29, 0.717) is 15.7 Å². The van der Waals surface area contributed by atoms with Gasteiger partial charge in [0.2, 0.25) is 0 Å². The molecule has 1 aromatic carbocycles. The van der Waals surface area contributed by atoms with Gasteiger partial charge < -0.3 is 11.1 Å². The molecule has 0 fully saturated rings. The molecular weight excluding hydrogens is 308 g/mol. The third kappa shape index (κ3) is 2.55. The molecule has 2 aromatic heterocycles. The summed E-state index contributed by atoms with van der Waals surface area (Å²) in [5.41, 5.74) is 6.98. The predicted octanol–water partition coefficient (Wildman–Crippen LogP) is 3.50. The van der Waals surface area contributed by atoms with Crippen LogP contribution in [-0.2, 0) is 0 Å². The molecule has 0 aliphatic carbocycles. The Bertz CT molecular complexity index is 846. The second-order valence-corrected chi connectivity index (χ2v) is 5.89. The molecule has 0 aliphatic rings. The number of rotatable bonds is 3. The minimum absolute atomic E-state index is 0.454. The lowest BCUT2D eigenvalue weighted by Gasteiger charge is -2.07. The van der Waals surface area contributed by atoms with Crippen LogP contribution in [0.2, 0.25) is 5.02 Å². The van der Waals surface area contributed by atoms with E-state index in [2.05, 4.69) is 15.3 Å². The molecule has 1 amide bonds. The van der Waals surface area contributed by atoms with Crippen LogP contribution in [0.15, 0.2) is 30.6 Å². The van der Waals surface area contributed by atoms with E-state index in [0.717, 1.165) is 21.5 Å². The highest BCUT2D eigenvalue weighted by Crippen LogP contribution is 2.34. The normalized spacial score (nSPS) is 10.8. The van der Waals surface area contributed by atoms with Gasteiger partial charge in [0.15, 0.2) is 0 Å². The van der Waals surface area contributed by atoms with Gasteiger partial charge in [-0.25, -0.2) is 9.97 Å². The zero-order valence-electron chi connectivity index (χ0n) is 11.1. The number of thiophene rings is 1. The lowest BCUT2D eigenvalue weighted by Crippen LogP contribution is -2.09. The first-order valence-corrected chi connectivity index (χ1v) is 7.32. The summed E-state index contributed by atoms with van der Waals surface area (Å²) in [6.07, 6.45) is 1.45. The van der Waals surface area contributed by atoms with Crippen LogP contribution in [0.5, 0.6) is 0 Å². The standard InChI is InChI=1S/C14H11ClN4OS/c1-7-10-13(19-9-4-2-3-8(15)5-9)17-6-18-14(10)21-11(7)12(16)20/h2-6H,1H3,(H2,16,20)(H,17,18,19). The van der Waals surface area contributed by atoms with E-state index in [1.165, 1.54) is 17.7 Å². The number of aryl methyl sites for hydroxylation is 1. The molecule has 3 N–H and O–H groups in total. The number of carbonyl (C=O) groups is 1. The molecule has 0 bridgehead atoms. The Morgan fingerprint density at radius 1 is 1.38 bits per heavy atom. The lowest BCUT2D eigenvalue weighted by molar-refractivity contribution is 0.100. The highest BCUT2D eigenvalue weighted by molar-refractivity contribution is 7.20. The Balaban J connectivity index is 2.12. The van der Waals surface area contributed by atoms with Gasteiger partial charge >= 0.3 is 0 Å². The van der Waals surface area contributed by atoms with E-state index in [1.54, 1.807) is 12.1 Å². The van der Waals surface area contributed by atoms with Crippen molar-refractivity contribution in [2.24, 2.45) is 5.73 Å². The fourth-order valence-electron chi connectivity index (χ4n) is 2.10. The van der Waals surface area contributed by atoms with Crippen LogP contribution in [0.3, 0.4) is 0 Å². The number of fused-ring (bicyclic) bond motifs is 1. The van der Waals surface area contributed by atoms with Crippen molar-refractivity contribution in [3.05, 3.63) is 46.1 Å². The van der Waals surface area contributed by atoms with Crippen molar-refractivity contribution in [1.82, 2.24) is 9.97 Å². The summed E-state index contributed by atoms with van der Waals surface area (Å²) in [4.78, 5) is 21.1. The van der Waals surface area contributed by atoms with Crippen molar-refractivity contribution in [3.63, 3.8) is 0 Å². The highest BCUT2D eigenvalue weighted by Gasteiger charge is 2.17. The molecule has 0 saturated heterocycles. The summed E-state index contributed by atoms with van der Waals surface area (Å²) in [7, 11) is 0. The Labute approximate surface area is 129 Å². The van der Waals surface area contributed by atoms with E-state index in [4.69, 9.17) is 17.3 Å². The molecule has 7 heteroatoms. The zero-order valence-corrected chi connectivity index (χ0v) is 12.6. The summed E-state index contributed by atoms with van der Waals surface area (Å²) >= 11 is 7.24. The summed E-state index contributed by atoms with van der Waals surface area (Å²) in [6.45, 7) is 1.84. The first kappa shape index (κ1) is 13.8. The van der Waals surface area contributed by atoms with Gasteiger partial charge in [-0.05, 0) is 30.7 Å². The van der Waals surface area contributed by atoms with Crippen molar-refractivity contribution in [3.8, 4) is 0 Å². The van der Waals surface area contributed by atoms with Gasteiger partial charge in [0.25, 0.3) is 5.91 Å². The van der Waals surface area contributed by atoms with Crippen LogP contribution in [0, 0.1) is 6.92 Å². The number of nitrogens with two attached hydrogens (primary N) is 1. The fourth-order valence-corrected chi connectivity index (χ4v) is 3.30. The first-order chi connectivity index (χ1) is 10.1. The van der Waals surface area contributed by atoms with Crippen LogP contribution in [0.25, 0.3) is 10.2 Å². The number of carbonyl (C=O) groups excluding carboxylic acids is 1. The number of hydrogen-bond donors (Lipinski definition) is 2. The molecule has 3 aromatic rings. The monoisotopic (exact) mass is 318 g/mol. The topological polar surface area (TPSA) is 80.9 Å². The third-order valence-electron chi connectivity index (χ3n) is 3.04. The highest BCUT2D eigenvalue weighted by atomic mass is 35.5. The van der Waals surface area contributed by atoms with E-state index >= 15 is 0 Å². The smallest absolute Gasteiger partial charge is 0.259 e. The maximum absolute atomic E-state index is 11.5. The molecule has 0 unspecified atom stereocenters. The molecule has 0 atom stereocenters. The number of hydrogen-bond acceptors (Lipinski definition) is 5. The minimum Gasteiger partial charge on any atom is -0.365 e. The fraction of sp³-hybridized carbons (Fsp3) is 0.0714. The van der Waals surface area contributed by atoms with E-state index in [1.807, 2.05) is 19.1 Å². The number of anilines is 2. The second-order valence-electron chi connectivity index (χ2n) is 4.46. The number of aromatic nitrogens is 2. The molecule has 0 spiro atoms. The molecule has 2 heterocycles. The number of nitrogens with zero attached hydrogens (tertiary/aromatic N) is 2. The van der Waals surface area contributed by atoms with Crippen molar-refractivity contribution >= 4 is 50.6 Å². The summed E-state index contributed by atoms with van der Waals surface area (Å²) in [6, 6.07) is 7.32. The van der Waals surface area contributed by atoms with Crippen LogP contribution in [0.4, 0.5) is 11.5 Å². The quantitative estimate of drug-likeness (QED) is 0.774. The zero-order chi connectivity index (χ0) is 15.0. The number of amides is 1. The third-order valence-corrected chi connectivity index (χ3v) is 4.49. The Morgan fingerprint density at radius 2 is 2.19 bits per heavy atom. The maximum atomic E-state index is 11.5. The Morgan fingerprint density at radius 3 is 2.90 bits per heavy atom.